The number of benzene rings is 2. The van der Waals surface area contributed by atoms with Crippen molar-refractivity contribution in [1.82, 2.24) is 14.8 Å². The topological polar surface area (TPSA) is 104 Å². The van der Waals surface area contributed by atoms with Crippen LogP contribution in [-0.2, 0) is 6.42 Å². The molecule has 0 atom stereocenters. The zero-order valence-corrected chi connectivity index (χ0v) is 22.1. The lowest BCUT2D eigenvalue weighted by Gasteiger charge is -2.22. The van der Waals surface area contributed by atoms with Crippen LogP contribution in [0, 0.1) is 24.1 Å². The maximum atomic E-state index is 14.3. The number of para-hydroxylation sites is 2. The number of carbonyl (C=O) groups is 2. The molecule has 0 saturated carbocycles. The van der Waals surface area contributed by atoms with Gasteiger partial charge in [-0.05, 0) is 54.8 Å². The first-order valence-electron chi connectivity index (χ1n) is 12.5. The van der Waals surface area contributed by atoms with Crippen molar-refractivity contribution in [2.24, 2.45) is 0 Å². The number of hydrogen-bond donors (Lipinski definition) is 1. The molecule has 5 aromatic rings. The largest absolute Gasteiger partial charge is 0.319 e. The molecule has 0 fully saturated rings. The molecular formula is C30H21FN6O2S. The highest BCUT2D eigenvalue weighted by atomic mass is 32.1. The monoisotopic (exact) mass is 548 g/mol. The lowest BCUT2D eigenvalue weighted by Crippen LogP contribution is -2.33. The van der Waals surface area contributed by atoms with Gasteiger partial charge in [0.15, 0.2) is 5.82 Å². The first-order chi connectivity index (χ1) is 19.4. The Labute approximate surface area is 233 Å². The molecule has 0 bridgehead atoms. The van der Waals surface area contributed by atoms with Crippen LogP contribution in [0.3, 0.4) is 0 Å². The molecule has 1 aliphatic heterocycles. The Kier molecular flexibility index (Phi) is 6.42. The third kappa shape index (κ3) is 4.52. The fourth-order valence-electron chi connectivity index (χ4n) is 4.70. The van der Waals surface area contributed by atoms with Crippen molar-refractivity contribution in [3.8, 4) is 22.3 Å². The van der Waals surface area contributed by atoms with E-state index in [1.54, 1.807) is 48.4 Å². The zero-order chi connectivity index (χ0) is 27.8. The molecule has 0 aliphatic carbocycles. The summed E-state index contributed by atoms with van der Waals surface area (Å²) in [5.74, 6) is -0.710. The van der Waals surface area contributed by atoms with Crippen molar-refractivity contribution in [2.45, 2.75) is 13.3 Å². The van der Waals surface area contributed by atoms with Gasteiger partial charge in [0.25, 0.3) is 11.8 Å². The van der Waals surface area contributed by atoms with E-state index in [1.807, 2.05) is 36.4 Å². The van der Waals surface area contributed by atoms with E-state index >= 15 is 0 Å². The Morgan fingerprint density at radius 1 is 1.10 bits per heavy atom. The van der Waals surface area contributed by atoms with Gasteiger partial charge >= 0.3 is 0 Å². The highest BCUT2D eigenvalue weighted by Crippen LogP contribution is 2.42. The normalized spacial score (nSPS) is 12.2. The van der Waals surface area contributed by atoms with Crippen molar-refractivity contribution in [3.63, 3.8) is 0 Å². The Balaban J connectivity index is 1.31. The summed E-state index contributed by atoms with van der Waals surface area (Å²) >= 11 is 1.32. The summed E-state index contributed by atoms with van der Waals surface area (Å²) < 4.78 is 15.8. The molecule has 1 aliphatic rings. The molecule has 2 aromatic carbocycles. The first-order valence-corrected chi connectivity index (χ1v) is 13.3. The van der Waals surface area contributed by atoms with Crippen molar-refractivity contribution >= 4 is 34.5 Å². The minimum atomic E-state index is -0.485. The molecule has 8 nitrogen and oxygen atoms in total. The summed E-state index contributed by atoms with van der Waals surface area (Å²) in [6.07, 6.45) is 3.51. The number of pyridine rings is 1. The molecule has 6 rings (SSSR count). The second kappa shape index (κ2) is 10.2. The fourth-order valence-corrected chi connectivity index (χ4v) is 5.84. The van der Waals surface area contributed by atoms with Gasteiger partial charge in [0.1, 0.15) is 17.6 Å². The number of rotatable bonds is 4. The summed E-state index contributed by atoms with van der Waals surface area (Å²) in [5, 5.41) is 16.0. The van der Waals surface area contributed by atoms with Crippen LogP contribution < -0.4 is 10.2 Å². The number of hydrogen-bond acceptors (Lipinski definition) is 6. The smallest absolute Gasteiger partial charge is 0.276 e. The number of aryl methyl sites for hydroxylation is 1. The van der Waals surface area contributed by atoms with Crippen molar-refractivity contribution in [2.75, 3.05) is 16.8 Å². The quantitative estimate of drug-likeness (QED) is 0.307. The Bertz CT molecular complexity index is 1820. The van der Waals surface area contributed by atoms with Gasteiger partial charge in [0.05, 0.1) is 34.2 Å². The van der Waals surface area contributed by atoms with Crippen molar-refractivity contribution in [3.05, 3.63) is 112 Å². The van der Waals surface area contributed by atoms with Crippen LogP contribution >= 0.6 is 11.3 Å². The molecule has 0 radical (unpaired) electrons. The van der Waals surface area contributed by atoms with E-state index in [0.717, 1.165) is 16.0 Å². The minimum absolute atomic E-state index is 0.168. The molecular weight excluding hydrogens is 527 g/mol. The van der Waals surface area contributed by atoms with Gasteiger partial charge < -0.3 is 10.2 Å². The van der Waals surface area contributed by atoms with Gasteiger partial charge in [0, 0.05) is 17.0 Å². The lowest BCUT2D eigenvalue weighted by atomic mass is 10.1. The number of carbonyl (C=O) groups excluding carboxylic acids is 2. The van der Waals surface area contributed by atoms with Gasteiger partial charge in [-0.2, -0.15) is 10.4 Å². The van der Waals surface area contributed by atoms with E-state index in [4.69, 9.17) is 5.26 Å². The summed E-state index contributed by atoms with van der Waals surface area (Å²) in [6, 6.07) is 21.2. The number of anilines is 2. The van der Waals surface area contributed by atoms with Crippen LogP contribution in [0.5, 0.6) is 0 Å². The average Bonchev–Trinajstić information content (AvgIpc) is 3.60. The number of halogens is 1. The minimum Gasteiger partial charge on any atom is -0.319 e. The molecule has 4 heterocycles. The van der Waals surface area contributed by atoms with E-state index < -0.39 is 5.82 Å². The molecule has 0 spiro atoms. The standard InChI is InChI=1S/C30H21FN6O2S/c1-18-6-4-8-22(31)27(18)35-29(38)25-14-20-12-13-36(24-10-3-2-7-21(24)28(20)40-25)30(39)23-9-5-11-26(34-23)37-17-19(15-32)16-33-37/h2-11,14,16-17H,12-13H2,1H3,(H,35,38). The third-order valence-electron chi connectivity index (χ3n) is 6.68. The third-order valence-corrected chi connectivity index (χ3v) is 7.89. The van der Waals surface area contributed by atoms with Crippen LogP contribution in [0.1, 0.15) is 36.9 Å². The van der Waals surface area contributed by atoms with E-state index in [2.05, 4.69) is 15.4 Å². The molecule has 40 heavy (non-hydrogen) atoms. The van der Waals surface area contributed by atoms with Gasteiger partial charge in [-0.1, -0.05) is 36.4 Å². The van der Waals surface area contributed by atoms with E-state index in [1.165, 1.54) is 28.3 Å². The molecule has 1 N–H and O–H groups in total. The molecule has 0 saturated heterocycles. The molecule has 3 aromatic heterocycles. The Morgan fingerprint density at radius 2 is 1.93 bits per heavy atom. The fraction of sp³-hybridized carbons (Fsp3) is 0.100. The maximum absolute atomic E-state index is 14.3. The van der Waals surface area contributed by atoms with Crippen LogP contribution in [0.2, 0.25) is 0 Å². The number of nitrogens with one attached hydrogen (secondary N) is 1. The number of nitrogens with zero attached hydrogens (tertiary/aromatic N) is 5. The Morgan fingerprint density at radius 3 is 2.73 bits per heavy atom. The lowest BCUT2D eigenvalue weighted by molar-refractivity contribution is 0.0981. The average molecular weight is 549 g/mol. The van der Waals surface area contributed by atoms with Gasteiger partial charge in [-0.3, -0.25) is 9.59 Å². The summed E-state index contributed by atoms with van der Waals surface area (Å²) in [7, 11) is 0. The predicted molar refractivity (Wildman–Crippen MR) is 150 cm³/mol. The van der Waals surface area contributed by atoms with Crippen LogP contribution in [0.4, 0.5) is 15.8 Å². The summed E-state index contributed by atoms with van der Waals surface area (Å²) in [4.78, 5) is 34.4. The summed E-state index contributed by atoms with van der Waals surface area (Å²) in [6.45, 7) is 2.12. The van der Waals surface area contributed by atoms with Gasteiger partial charge in [0.2, 0.25) is 0 Å². The number of nitriles is 1. The second-order valence-electron chi connectivity index (χ2n) is 9.24. The van der Waals surface area contributed by atoms with Crippen LogP contribution in [-0.4, -0.2) is 33.1 Å². The van der Waals surface area contributed by atoms with Gasteiger partial charge in [-0.25, -0.2) is 14.1 Å². The van der Waals surface area contributed by atoms with E-state index in [9.17, 15) is 14.0 Å². The van der Waals surface area contributed by atoms with Crippen molar-refractivity contribution < 1.29 is 14.0 Å². The van der Waals surface area contributed by atoms with Gasteiger partial charge in [-0.15, -0.1) is 11.3 Å². The molecule has 2 amide bonds. The van der Waals surface area contributed by atoms with Crippen molar-refractivity contribution in [1.29, 1.82) is 5.26 Å². The number of thiophene rings is 1. The summed E-state index contributed by atoms with van der Waals surface area (Å²) in [5.41, 5.74) is 3.92. The van der Waals surface area contributed by atoms with E-state index in [0.29, 0.717) is 40.5 Å². The van der Waals surface area contributed by atoms with Crippen LogP contribution in [0.15, 0.2) is 79.1 Å². The van der Waals surface area contributed by atoms with E-state index in [-0.39, 0.29) is 23.2 Å². The highest BCUT2D eigenvalue weighted by Gasteiger charge is 2.28. The number of aromatic nitrogens is 3. The highest BCUT2D eigenvalue weighted by molar-refractivity contribution is 7.17. The second-order valence-corrected chi connectivity index (χ2v) is 10.3. The number of amides is 2. The molecule has 0 unspecified atom stereocenters. The number of fused-ring (bicyclic) bond motifs is 3. The predicted octanol–water partition coefficient (Wildman–Crippen LogP) is 5.77. The van der Waals surface area contributed by atoms with Crippen LogP contribution in [0.25, 0.3) is 16.3 Å². The Hall–Kier alpha value is -5.14. The SMILES string of the molecule is Cc1cccc(F)c1NC(=O)c1cc2c(s1)-c1ccccc1N(C(=O)c1cccc(-n3cc(C#N)cn3)n1)CC2. The zero-order valence-electron chi connectivity index (χ0n) is 21.3. The maximum Gasteiger partial charge on any atom is 0.276 e. The molecule has 196 valence electrons. The molecule has 10 heteroatoms. The first kappa shape index (κ1) is 25.2.